The Balaban J connectivity index is 1.45. The molecule has 1 fully saturated rings. The summed E-state index contributed by atoms with van der Waals surface area (Å²) in [5.41, 5.74) is 9.14. The average molecular weight is 413 g/mol. The number of fused-ring (bicyclic) bond motifs is 2. The minimum atomic E-state index is -0.418. The van der Waals surface area contributed by atoms with Crippen LogP contribution in [0, 0.1) is 5.92 Å². The van der Waals surface area contributed by atoms with Gasteiger partial charge in [0.1, 0.15) is 4.83 Å². The first kappa shape index (κ1) is 18.4. The van der Waals surface area contributed by atoms with E-state index in [-0.39, 0.29) is 5.88 Å². The number of nitrogens with two attached hydrogens (primary N) is 1. The molecule has 2 aliphatic rings. The normalized spacial score (nSPS) is 20.2. The number of nitrogens with zero attached hydrogens (tertiary/aromatic N) is 5. The summed E-state index contributed by atoms with van der Waals surface area (Å²) in [5, 5.41) is 19.7. The van der Waals surface area contributed by atoms with Crippen molar-refractivity contribution < 1.29 is 14.4 Å². The lowest BCUT2D eigenvalue weighted by Crippen LogP contribution is -2.60. The Bertz CT molecular complexity index is 1080. The highest BCUT2D eigenvalue weighted by Gasteiger charge is 2.23. The van der Waals surface area contributed by atoms with Crippen molar-refractivity contribution in [1.29, 1.82) is 0 Å². The Morgan fingerprint density at radius 3 is 3.03 bits per heavy atom. The number of hydrogen-bond donors (Lipinski definition) is 1. The second-order valence-corrected chi connectivity index (χ2v) is 9.03. The van der Waals surface area contributed by atoms with E-state index in [0.717, 1.165) is 61.1 Å². The lowest BCUT2D eigenvalue weighted by molar-refractivity contribution is -0.759. The van der Waals surface area contributed by atoms with Crippen LogP contribution in [0.3, 0.4) is 0 Å². The third-order valence-electron chi connectivity index (χ3n) is 5.80. The average Bonchev–Trinajstić information content (AvgIpc) is 3.32. The van der Waals surface area contributed by atoms with E-state index >= 15 is 0 Å². The van der Waals surface area contributed by atoms with Gasteiger partial charge in [-0.15, -0.1) is 11.3 Å². The summed E-state index contributed by atoms with van der Waals surface area (Å²) in [6, 6.07) is 2.11. The van der Waals surface area contributed by atoms with Gasteiger partial charge in [0.05, 0.1) is 28.4 Å². The van der Waals surface area contributed by atoms with Gasteiger partial charge in [-0.25, -0.2) is 9.98 Å². The molecule has 3 aromatic rings. The van der Waals surface area contributed by atoms with Gasteiger partial charge < -0.3 is 10.8 Å². The van der Waals surface area contributed by atoms with Gasteiger partial charge in [0.25, 0.3) is 6.20 Å². The SMILES string of the molecule is CC1CCc2nc3sc(/C([O-])=N/c4c[n+](N5CCCCC5)no4)c(N)c3cc2C1. The standard InChI is InChI=1S/C20H24N6O2S/c1-12-5-6-15-13(9-12)10-14-17(21)18(29-20(14)22-15)19(27)23-16-11-26(24-28-16)25-7-3-2-4-8-25/h10-12H,2-9H2,1H3,(H2-,21,23,24,27). The van der Waals surface area contributed by atoms with Crippen LogP contribution in [-0.4, -0.2) is 29.2 Å². The third-order valence-corrected chi connectivity index (χ3v) is 6.91. The first-order valence-corrected chi connectivity index (χ1v) is 11.0. The molecule has 29 heavy (non-hydrogen) atoms. The zero-order valence-corrected chi connectivity index (χ0v) is 17.2. The number of aliphatic imine (C=N–C) groups is 1. The van der Waals surface area contributed by atoms with E-state index in [0.29, 0.717) is 16.5 Å². The van der Waals surface area contributed by atoms with Crippen LogP contribution in [0.15, 0.2) is 21.8 Å². The summed E-state index contributed by atoms with van der Waals surface area (Å²) in [7, 11) is 0. The third kappa shape index (κ3) is 3.43. The summed E-state index contributed by atoms with van der Waals surface area (Å²) >= 11 is 1.30. The maximum absolute atomic E-state index is 12.8. The van der Waals surface area contributed by atoms with Crippen molar-refractivity contribution in [1.82, 2.24) is 10.3 Å². The Morgan fingerprint density at radius 1 is 1.38 bits per heavy atom. The Labute approximate surface area is 172 Å². The van der Waals surface area contributed by atoms with Gasteiger partial charge in [0.15, 0.2) is 0 Å². The fourth-order valence-electron chi connectivity index (χ4n) is 4.18. The van der Waals surface area contributed by atoms with Crippen molar-refractivity contribution in [3.8, 4) is 0 Å². The molecule has 4 heterocycles. The zero-order valence-electron chi connectivity index (χ0n) is 16.4. The van der Waals surface area contributed by atoms with Crippen LogP contribution in [0.25, 0.3) is 10.2 Å². The van der Waals surface area contributed by atoms with Crippen LogP contribution < -0.4 is 20.6 Å². The molecule has 9 heteroatoms. The molecule has 5 rings (SSSR count). The van der Waals surface area contributed by atoms with Crippen LogP contribution in [0.1, 0.15) is 48.7 Å². The van der Waals surface area contributed by atoms with Crippen molar-refractivity contribution in [3.63, 3.8) is 0 Å². The fraction of sp³-hybridized carbons (Fsp3) is 0.500. The van der Waals surface area contributed by atoms with Crippen molar-refractivity contribution >= 4 is 39.0 Å². The molecular weight excluding hydrogens is 388 g/mol. The summed E-state index contributed by atoms with van der Waals surface area (Å²) in [6.07, 6.45) is 8.26. The number of thiophene rings is 1. The smallest absolute Gasteiger partial charge is 0.324 e. The summed E-state index contributed by atoms with van der Waals surface area (Å²) in [4.78, 5) is 11.7. The molecule has 0 amide bonds. The molecule has 3 aromatic heterocycles. The predicted molar refractivity (Wildman–Crippen MR) is 110 cm³/mol. The summed E-state index contributed by atoms with van der Waals surface area (Å²) < 4.78 is 5.25. The van der Waals surface area contributed by atoms with Crippen molar-refractivity contribution in [3.05, 3.63) is 28.4 Å². The fourth-order valence-corrected chi connectivity index (χ4v) is 5.16. The number of piperidine rings is 1. The molecule has 0 bridgehead atoms. The molecule has 0 spiro atoms. The number of aromatic nitrogens is 3. The molecule has 8 nitrogen and oxygen atoms in total. The molecule has 1 atom stereocenters. The maximum atomic E-state index is 12.8. The van der Waals surface area contributed by atoms with Gasteiger partial charge in [-0.1, -0.05) is 6.92 Å². The largest absolute Gasteiger partial charge is 0.857 e. The molecule has 152 valence electrons. The number of anilines is 1. The number of pyridine rings is 1. The lowest BCUT2D eigenvalue weighted by atomic mass is 9.87. The van der Waals surface area contributed by atoms with Crippen LogP contribution >= 0.6 is 11.3 Å². The Hall–Kier alpha value is -2.68. The minimum absolute atomic E-state index is 0.179. The summed E-state index contributed by atoms with van der Waals surface area (Å²) in [6.45, 7) is 4.09. The summed E-state index contributed by atoms with van der Waals surface area (Å²) in [5.74, 6) is 0.410. The van der Waals surface area contributed by atoms with Crippen molar-refractivity contribution in [2.24, 2.45) is 10.9 Å². The molecule has 0 radical (unpaired) electrons. The maximum Gasteiger partial charge on any atom is 0.324 e. The quantitative estimate of drug-likeness (QED) is 0.400. The Kier molecular flexibility index (Phi) is 4.61. The van der Waals surface area contributed by atoms with Crippen LogP contribution in [0.4, 0.5) is 11.6 Å². The first-order valence-electron chi connectivity index (χ1n) is 10.2. The highest BCUT2D eigenvalue weighted by atomic mass is 32.1. The van der Waals surface area contributed by atoms with Gasteiger partial charge in [0.2, 0.25) is 5.27 Å². The molecule has 1 aliphatic heterocycles. The molecule has 1 saturated heterocycles. The monoisotopic (exact) mass is 412 g/mol. The van der Waals surface area contributed by atoms with E-state index in [4.69, 9.17) is 15.2 Å². The van der Waals surface area contributed by atoms with E-state index < -0.39 is 5.90 Å². The molecular formula is C20H24N6O2S. The molecule has 2 N–H and O–H groups in total. The van der Waals surface area contributed by atoms with Gasteiger partial charge in [-0.05, 0) is 56.1 Å². The van der Waals surface area contributed by atoms with Crippen LogP contribution in [-0.2, 0) is 12.8 Å². The van der Waals surface area contributed by atoms with E-state index in [1.807, 2.05) is 0 Å². The van der Waals surface area contributed by atoms with Gasteiger partial charge in [0, 0.05) is 17.0 Å². The van der Waals surface area contributed by atoms with E-state index in [9.17, 15) is 5.11 Å². The topological polar surface area (TPSA) is 107 Å². The van der Waals surface area contributed by atoms with Crippen LogP contribution in [0.5, 0.6) is 0 Å². The molecule has 0 aromatic carbocycles. The second-order valence-electron chi connectivity index (χ2n) is 8.03. The highest BCUT2D eigenvalue weighted by Crippen LogP contribution is 2.36. The predicted octanol–water partition coefficient (Wildman–Crippen LogP) is 1.84. The van der Waals surface area contributed by atoms with E-state index in [1.165, 1.54) is 23.3 Å². The minimum Gasteiger partial charge on any atom is -0.857 e. The first-order chi connectivity index (χ1) is 14.1. The van der Waals surface area contributed by atoms with E-state index in [2.05, 4.69) is 28.3 Å². The Morgan fingerprint density at radius 2 is 2.21 bits per heavy atom. The van der Waals surface area contributed by atoms with Crippen molar-refractivity contribution in [2.75, 3.05) is 23.8 Å². The number of rotatable bonds is 3. The van der Waals surface area contributed by atoms with Crippen LogP contribution in [0.2, 0.25) is 0 Å². The van der Waals surface area contributed by atoms with Gasteiger partial charge >= 0.3 is 5.88 Å². The number of nitrogen functional groups attached to an aromatic ring is 1. The molecule has 0 saturated carbocycles. The van der Waals surface area contributed by atoms with Gasteiger partial charge in [-0.3, -0.25) is 4.52 Å². The lowest BCUT2D eigenvalue weighted by Gasteiger charge is -2.20. The molecule has 1 unspecified atom stereocenters. The number of hydrogen-bond acceptors (Lipinski definition) is 8. The van der Waals surface area contributed by atoms with Gasteiger partial charge in [-0.2, -0.15) is 5.01 Å². The number of aryl methyl sites for hydroxylation is 1. The second kappa shape index (κ2) is 7.29. The highest BCUT2D eigenvalue weighted by molar-refractivity contribution is 7.21. The zero-order chi connectivity index (χ0) is 20.0. The molecule has 1 aliphatic carbocycles. The van der Waals surface area contributed by atoms with E-state index in [1.54, 1.807) is 11.0 Å². The van der Waals surface area contributed by atoms with Crippen molar-refractivity contribution in [2.45, 2.75) is 45.4 Å².